The van der Waals surface area contributed by atoms with Crippen LogP contribution in [0.25, 0.3) is 0 Å². The first-order valence-electron chi connectivity index (χ1n) is 6.50. The number of rotatable bonds is 8. The zero-order valence-corrected chi connectivity index (χ0v) is 11.6. The monoisotopic (exact) mass is 281 g/mol. The molecule has 1 aromatic carbocycles. The van der Waals surface area contributed by atoms with Crippen molar-refractivity contribution >= 4 is 11.6 Å². The van der Waals surface area contributed by atoms with Gasteiger partial charge >= 0.3 is 5.69 Å². The fraction of sp³-hybridized carbons (Fsp3) is 0.462. The lowest BCUT2D eigenvalue weighted by molar-refractivity contribution is -0.385. The number of hydrogen-bond acceptors (Lipinski definition) is 5. The summed E-state index contributed by atoms with van der Waals surface area (Å²) in [5, 5.41) is 16.7. The van der Waals surface area contributed by atoms with Crippen molar-refractivity contribution in [3.05, 3.63) is 33.9 Å². The molecule has 0 saturated heterocycles. The Balaban J connectivity index is 2.89. The summed E-state index contributed by atoms with van der Waals surface area (Å²) in [6, 6.07) is 4.31. The molecular formula is C13H19N3O4. The second-order valence-electron chi connectivity index (χ2n) is 3.95. The van der Waals surface area contributed by atoms with Crippen molar-refractivity contribution in [1.29, 1.82) is 0 Å². The lowest BCUT2D eigenvalue weighted by Crippen LogP contribution is -2.32. The third-order valence-corrected chi connectivity index (χ3v) is 2.56. The molecule has 0 aliphatic heterocycles. The molecule has 0 aromatic heterocycles. The van der Waals surface area contributed by atoms with E-state index in [2.05, 4.69) is 10.6 Å². The quantitative estimate of drug-likeness (QED) is 0.426. The number of nitrogens with zero attached hydrogens (tertiary/aromatic N) is 1. The van der Waals surface area contributed by atoms with Gasteiger partial charge in [0.05, 0.1) is 17.1 Å². The number of ether oxygens (including phenoxy) is 1. The molecule has 0 bridgehead atoms. The zero-order chi connectivity index (χ0) is 15.0. The number of amides is 1. The van der Waals surface area contributed by atoms with Crippen LogP contribution in [0.2, 0.25) is 0 Å². The van der Waals surface area contributed by atoms with Crippen molar-refractivity contribution in [2.45, 2.75) is 13.8 Å². The van der Waals surface area contributed by atoms with Crippen LogP contribution in [0.4, 0.5) is 5.69 Å². The topological polar surface area (TPSA) is 93.5 Å². The van der Waals surface area contributed by atoms with Gasteiger partial charge in [0.2, 0.25) is 5.75 Å². The predicted octanol–water partition coefficient (Wildman–Crippen LogP) is 1.33. The molecule has 0 radical (unpaired) electrons. The summed E-state index contributed by atoms with van der Waals surface area (Å²) in [6.45, 7) is 5.83. The van der Waals surface area contributed by atoms with Gasteiger partial charge in [-0.05, 0) is 19.5 Å². The molecule has 0 heterocycles. The average Bonchev–Trinajstić information content (AvgIpc) is 2.43. The fourth-order valence-corrected chi connectivity index (χ4v) is 1.68. The molecule has 0 fully saturated rings. The average molecular weight is 281 g/mol. The Kier molecular flexibility index (Phi) is 6.45. The number of nitrogens with one attached hydrogen (secondary N) is 2. The summed E-state index contributed by atoms with van der Waals surface area (Å²) in [7, 11) is 0. The van der Waals surface area contributed by atoms with Gasteiger partial charge in [0.25, 0.3) is 5.91 Å². The second-order valence-corrected chi connectivity index (χ2v) is 3.95. The third-order valence-electron chi connectivity index (χ3n) is 2.56. The molecule has 2 N–H and O–H groups in total. The van der Waals surface area contributed by atoms with E-state index in [0.717, 1.165) is 6.54 Å². The smallest absolute Gasteiger partial charge is 0.311 e. The Hall–Kier alpha value is -2.15. The lowest BCUT2D eigenvalue weighted by atomic mass is 10.1. The molecule has 1 amide bonds. The van der Waals surface area contributed by atoms with Gasteiger partial charge in [0.1, 0.15) is 0 Å². The number of carbonyl (C=O) groups is 1. The first-order valence-corrected chi connectivity index (χ1v) is 6.50. The molecular weight excluding hydrogens is 262 g/mol. The van der Waals surface area contributed by atoms with Crippen LogP contribution < -0.4 is 15.4 Å². The van der Waals surface area contributed by atoms with E-state index in [-0.39, 0.29) is 29.5 Å². The Bertz CT molecular complexity index is 477. The molecule has 0 saturated carbocycles. The summed E-state index contributed by atoms with van der Waals surface area (Å²) < 4.78 is 5.26. The van der Waals surface area contributed by atoms with Gasteiger partial charge in [0.15, 0.2) is 0 Å². The molecule has 7 heteroatoms. The van der Waals surface area contributed by atoms with E-state index < -0.39 is 4.92 Å². The first-order chi connectivity index (χ1) is 9.61. The number of nitro groups is 1. The van der Waals surface area contributed by atoms with Crippen LogP contribution in [0, 0.1) is 10.1 Å². The Morgan fingerprint density at radius 2 is 2.10 bits per heavy atom. The molecule has 1 rings (SSSR count). The van der Waals surface area contributed by atoms with Gasteiger partial charge in [-0.1, -0.05) is 13.0 Å². The van der Waals surface area contributed by atoms with Crippen LogP contribution in [-0.4, -0.2) is 37.1 Å². The van der Waals surface area contributed by atoms with Crippen LogP contribution in [0.15, 0.2) is 18.2 Å². The predicted molar refractivity (Wildman–Crippen MR) is 75.1 cm³/mol. The van der Waals surface area contributed by atoms with Crippen LogP contribution >= 0.6 is 0 Å². The van der Waals surface area contributed by atoms with Crippen molar-refractivity contribution in [3.63, 3.8) is 0 Å². The summed E-state index contributed by atoms with van der Waals surface area (Å²) >= 11 is 0. The summed E-state index contributed by atoms with van der Waals surface area (Å²) in [6.07, 6.45) is 0. The minimum Gasteiger partial charge on any atom is -0.487 e. The maximum Gasteiger partial charge on any atom is 0.311 e. The molecule has 110 valence electrons. The van der Waals surface area contributed by atoms with E-state index in [1.54, 1.807) is 6.92 Å². The molecule has 0 spiro atoms. The number of hydrogen-bond donors (Lipinski definition) is 2. The second kappa shape index (κ2) is 8.11. The van der Waals surface area contributed by atoms with Crippen molar-refractivity contribution in [1.82, 2.24) is 10.6 Å². The van der Waals surface area contributed by atoms with Crippen LogP contribution in [-0.2, 0) is 0 Å². The van der Waals surface area contributed by atoms with Gasteiger partial charge in [0, 0.05) is 19.2 Å². The Labute approximate surface area is 117 Å². The largest absolute Gasteiger partial charge is 0.487 e. The molecule has 0 aliphatic carbocycles. The van der Waals surface area contributed by atoms with Gasteiger partial charge < -0.3 is 15.4 Å². The Morgan fingerprint density at radius 3 is 2.70 bits per heavy atom. The highest BCUT2D eigenvalue weighted by molar-refractivity contribution is 5.98. The minimum atomic E-state index is -0.555. The van der Waals surface area contributed by atoms with Gasteiger partial charge in [-0.25, -0.2) is 0 Å². The van der Waals surface area contributed by atoms with E-state index in [1.165, 1.54) is 18.2 Å². The number of carbonyl (C=O) groups excluding carboxylic acids is 1. The van der Waals surface area contributed by atoms with Crippen LogP contribution in [0.5, 0.6) is 5.75 Å². The van der Waals surface area contributed by atoms with Crippen molar-refractivity contribution in [2.75, 3.05) is 26.2 Å². The molecule has 0 unspecified atom stereocenters. The first kappa shape index (κ1) is 15.9. The fourth-order valence-electron chi connectivity index (χ4n) is 1.68. The maximum atomic E-state index is 12.0. The SMILES string of the molecule is CCNCCNC(=O)c1cccc([N+](=O)[O-])c1OCC. The van der Waals surface area contributed by atoms with E-state index in [4.69, 9.17) is 4.74 Å². The maximum absolute atomic E-state index is 12.0. The molecule has 1 aromatic rings. The zero-order valence-electron chi connectivity index (χ0n) is 11.6. The molecule has 20 heavy (non-hydrogen) atoms. The Morgan fingerprint density at radius 1 is 1.35 bits per heavy atom. The summed E-state index contributed by atoms with van der Waals surface area (Å²) in [5.74, 6) is -0.365. The van der Waals surface area contributed by atoms with Crippen molar-refractivity contribution < 1.29 is 14.5 Å². The van der Waals surface area contributed by atoms with Crippen LogP contribution in [0.3, 0.4) is 0 Å². The van der Waals surface area contributed by atoms with Gasteiger partial charge in [-0.2, -0.15) is 0 Å². The van der Waals surface area contributed by atoms with Gasteiger partial charge in [-0.3, -0.25) is 14.9 Å². The summed E-state index contributed by atoms with van der Waals surface area (Å²) in [4.78, 5) is 22.4. The molecule has 0 atom stereocenters. The third kappa shape index (κ3) is 4.20. The van der Waals surface area contributed by atoms with E-state index in [1.807, 2.05) is 6.92 Å². The van der Waals surface area contributed by atoms with E-state index in [0.29, 0.717) is 13.1 Å². The van der Waals surface area contributed by atoms with E-state index in [9.17, 15) is 14.9 Å². The minimum absolute atomic E-state index is 0.0148. The number of para-hydroxylation sites is 1. The highest BCUT2D eigenvalue weighted by Gasteiger charge is 2.22. The highest BCUT2D eigenvalue weighted by Crippen LogP contribution is 2.30. The normalized spacial score (nSPS) is 10.1. The van der Waals surface area contributed by atoms with E-state index >= 15 is 0 Å². The molecule has 7 nitrogen and oxygen atoms in total. The van der Waals surface area contributed by atoms with Crippen molar-refractivity contribution in [3.8, 4) is 5.75 Å². The summed E-state index contributed by atoms with van der Waals surface area (Å²) in [5.41, 5.74) is -0.0243. The van der Waals surface area contributed by atoms with Crippen molar-refractivity contribution in [2.24, 2.45) is 0 Å². The van der Waals surface area contributed by atoms with Crippen LogP contribution in [0.1, 0.15) is 24.2 Å². The van der Waals surface area contributed by atoms with Gasteiger partial charge in [-0.15, -0.1) is 0 Å². The number of benzene rings is 1. The molecule has 0 aliphatic rings. The highest BCUT2D eigenvalue weighted by atomic mass is 16.6. The standard InChI is InChI=1S/C13H19N3O4/c1-3-14-8-9-15-13(17)10-6-5-7-11(16(18)19)12(10)20-4-2/h5-7,14H,3-4,8-9H2,1-2H3,(H,15,17). The number of likely N-dealkylation sites (N-methyl/N-ethyl adjacent to an activating group) is 1. The number of nitro benzene ring substituents is 1. The lowest BCUT2D eigenvalue weighted by Gasteiger charge is -2.11.